The minimum atomic E-state index is 0.116. The predicted molar refractivity (Wildman–Crippen MR) is 80.2 cm³/mol. The summed E-state index contributed by atoms with van der Waals surface area (Å²) in [4.78, 5) is 14.2. The van der Waals surface area contributed by atoms with Crippen molar-refractivity contribution in [3.63, 3.8) is 0 Å². The van der Waals surface area contributed by atoms with E-state index in [1.807, 2.05) is 0 Å². The molecule has 1 aliphatic rings. The van der Waals surface area contributed by atoms with E-state index in [4.69, 9.17) is 0 Å². The van der Waals surface area contributed by atoms with Crippen LogP contribution in [0.2, 0.25) is 0 Å². The van der Waals surface area contributed by atoms with Gasteiger partial charge in [-0.3, -0.25) is 4.79 Å². The van der Waals surface area contributed by atoms with E-state index >= 15 is 0 Å². The van der Waals surface area contributed by atoms with E-state index in [1.54, 1.807) is 0 Å². The number of nitrogens with zero attached hydrogens (tertiary/aromatic N) is 1. The molecule has 0 aromatic rings. The number of amides is 1. The van der Waals surface area contributed by atoms with Crippen LogP contribution in [-0.4, -0.2) is 49.6 Å². The lowest BCUT2D eigenvalue weighted by Crippen LogP contribution is -2.41. The van der Waals surface area contributed by atoms with Crippen LogP contribution >= 0.6 is 0 Å². The Morgan fingerprint density at radius 3 is 2.53 bits per heavy atom. The van der Waals surface area contributed by atoms with Crippen LogP contribution in [-0.2, 0) is 4.79 Å². The van der Waals surface area contributed by atoms with Crippen LogP contribution in [0.3, 0.4) is 0 Å². The normalized spacial score (nSPS) is 19.9. The summed E-state index contributed by atoms with van der Waals surface area (Å²) in [6.07, 6.45) is 5.09. The standard InChI is InChI=1S/C15H31N3O/c1-4-14(3)16-11-15(19)17-10-13(2)12-18-8-6-5-7-9-18/h13-14,16H,4-12H2,1-3H3,(H,17,19). The van der Waals surface area contributed by atoms with Gasteiger partial charge in [0.15, 0.2) is 0 Å². The summed E-state index contributed by atoms with van der Waals surface area (Å²) in [6.45, 7) is 11.2. The molecule has 1 saturated heterocycles. The van der Waals surface area contributed by atoms with Crippen LogP contribution in [0, 0.1) is 5.92 Å². The Kier molecular flexibility index (Phi) is 8.07. The fraction of sp³-hybridized carbons (Fsp3) is 0.933. The summed E-state index contributed by atoms with van der Waals surface area (Å²) < 4.78 is 0. The van der Waals surface area contributed by atoms with Crippen LogP contribution in [0.5, 0.6) is 0 Å². The van der Waals surface area contributed by atoms with Crippen LogP contribution < -0.4 is 10.6 Å². The molecule has 1 fully saturated rings. The fourth-order valence-corrected chi connectivity index (χ4v) is 2.41. The number of carbonyl (C=O) groups excluding carboxylic acids is 1. The highest BCUT2D eigenvalue weighted by Gasteiger charge is 2.14. The minimum Gasteiger partial charge on any atom is -0.355 e. The van der Waals surface area contributed by atoms with Gasteiger partial charge in [-0.25, -0.2) is 0 Å². The maximum atomic E-state index is 11.7. The van der Waals surface area contributed by atoms with Crippen molar-refractivity contribution in [2.24, 2.45) is 5.92 Å². The van der Waals surface area contributed by atoms with Gasteiger partial charge in [-0.05, 0) is 45.2 Å². The first-order valence-corrected chi connectivity index (χ1v) is 7.84. The number of piperidine rings is 1. The van der Waals surface area contributed by atoms with Gasteiger partial charge in [0, 0.05) is 19.1 Å². The number of nitrogens with one attached hydrogen (secondary N) is 2. The third-order valence-electron chi connectivity index (χ3n) is 3.89. The van der Waals surface area contributed by atoms with E-state index in [2.05, 4.69) is 36.3 Å². The van der Waals surface area contributed by atoms with E-state index in [0.717, 1.165) is 19.5 Å². The molecule has 0 radical (unpaired) electrons. The van der Waals surface area contributed by atoms with Gasteiger partial charge in [-0.15, -0.1) is 0 Å². The quantitative estimate of drug-likeness (QED) is 0.704. The molecule has 1 amide bonds. The summed E-state index contributed by atoms with van der Waals surface area (Å²) in [5, 5.41) is 6.24. The Hall–Kier alpha value is -0.610. The van der Waals surface area contributed by atoms with Gasteiger partial charge in [0.25, 0.3) is 0 Å². The van der Waals surface area contributed by atoms with Gasteiger partial charge in [-0.1, -0.05) is 20.3 Å². The van der Waals surface area contributed by atoms with Crippen molar-refractivity contribution >= 4 is 5.91 Å². The lowest BCUT2D eigenvalue weighted by molar-refractivity contribution is -0.120. The highest BCUT2D eigenvalue weighted by atomic mass is 16.1. The highest BCUT2D eigenvalue weighted by molar-refractivity contribution is 5.77. The second kappa shape index (κ2) is 9.32. The highest BCUT2D eigenvalue weighted by Crippen LogP contribution is 2.10. The molecular formula is C15H31N3O. The molecule has 0 aliphatic carbocycles. The van der Waals surface area contributed by atoms with Crippen LogP contribution in [0.15, 0.2) is 0 Å². The Bertz CT molecular complexity index is 252. The average molecular weight is 269 g/mol. The summed E-state index contributed by atoms with van der Waals surface area (Å²) in [7, 11) is 0. The predicted octanol–water partition coefficient (Wildman–Crippen LogP) is 1.61. The average Bonchev–Trinajstić information content (AvgIpc) is 2.43. The summed E-state index contributed by atoms with van der Waals surface area (Å²) in [5.41, 5.74) is 0. The zero-order chi connectivity index (χ0) is 14.1. The molecule has 0 bridgehead atoms. The van der Waals surface area contributed by atoms with Crippen molar-refractivity contribution in [2.75, 3.05) is 32.7 Å². The second-order valence-corrected chi connectivity index (χ2v) is 5.96. The summed E-state index contributed by atoms with van der Waals surface area (Å²) >= 11 is 0. The van der Waals surface area contributed by atoms with Crippen LogP contribution in [0.4, 0.5) is 0 Å². The van der Waals surface area contributed by atoms with Crippen molar-refractivity contribution in [3.05, 3.63) is 0 Å². The third-order valence-corrected chi connectivity index (χ3v) is 3.89. The summed E-state index contributed by atoms with van der Waals surface area (Å²) in [6, 6.07) is 0.413. The Balaban J connectivity index is 2.08. The molecule has 0 aromatic carbocycles. The monoisotopic (exact) mass is 269 g/mol. The van der Waals surface area contributed by atoms with E-state index in [0.29, 0.717) is 18.5 Å². The third kappa shape index (κ3) is 7.53. The number of likely N-dealkylation sites (tertiary alicyclic amines) is 1. The van der Waals surface area contributed by atoms with Crippen molar-refractivity contribution in [1.29, 1.82) is 0 Å². The lowest BCUT2D eigenvalue weighted by atomic mass is 10.1. The zero-order valence-electron chi connectivity index (χ0n) is 12.9. The summed E-state index contributed by atoms with van der Waals surface area (Å²) in [5.74, 6) is 0.649. The Morgan fingerprint density at radius 1 is 1.21 bits per heavy atom. The van der Waals surface area contributed by atoms with Gasteiger partial charge < -0.3 is 15.5 Å². The van der Waals surface area contributed by atoms with Crippen molar-refractivity contribution in [2.45, 2.75) is 52.5 Å². The van der Waals surface area contributed by atoms with Crippen LogP contribution in [0.1, 0.15) is 46.5 Å². The number of hydrogen-bond acceptors (Lipinski definition) is 3. The van der Waals surface area contributed by atoms with Crippen LogP contribution in [0.25, 0.3) is 0 Å². The first-order chi connectivity index (χ1) is 9.11. The molecule has 4 nitrogen and oxygen atoms in total. The molecule has 4 heteroatoms. The van der Waals surface area contributed by atoms with Gasteiger partial charge in [0.2, 0.25) is 5.91 Å². The van der Waals surface area contributed by atoms with Crippen molar-refractivity contribution in [3.8, 4) is 0 Å². The molecule has 1 rings (SSSR count). The molecule has 0 spiro atoms. The molecule has 0 saturated carbocycles. The molecule has 19 heavy (non-hydrogen) atoms. The molecule has 112 valence electrons. The number of hydrogen-bond donors (Lipinski definition) is 2. The second-order valence-electron chi connectivity index (χ2n) is 5.96. The Morgan fingerprint density at radius 2 is 1.89 bits per heavy atom. The maximum Gasteiger partial charge on any atom is 0.233 e. The molecule has 1 aliphatic heterocycles. The van der Waals surface area contributed by atoms with Gasteiger partial charge in [-0.2, -0.15) is 0 Å². The minimum absolute atomic E-state index is 0.116. The lowest BCUT2D eigenvalue weighted by Gasteiger charge is -2.29. The number of carbonyl (C=O) groups is 1. The smallest absolute Gasteiger partial charge is 0.233 e. The van der Waals surface area contributed by atoms with E-state index in [9.17, 15) is 4.79 Å². The van der Waals surface area contributed by atoms with Crippen molar-refractivity contribution < 1.29 is 4.79 Å². The molecule has 2 atom stereocenters. The van der Waals surface area contributed by atoms with Gasteiger partial charge in [0.05, 0.1) is 6.54 Å². The molecule has 2 N–H and O–H groups in total. The van der Waals surface area contributed by atoms with Gasteiger partial charge in [0.1, 0.15) is 0 Å². The maximum absolute atomic E-state index is 11.7. The van der Waals surface area contributed by atoms with E-state index < -0.39 is 0 Å². The largest absolute Gasteiger partial charge is 0.355 e. The van der Waals surface area contributed by atoms with E-state index in [1.165, 1.54) is 32.4 Å². The molecule has 2 unspecified atom stereocenters. The SMILES string of the molecule is CCC(C)NCC(=O)NCC(C)CN1CCCCC1. The number of rotatable bonds is 8. The topological polar surface area (TPSA) is 44.4 Å². The van der Waals surface area contributed by atoms with E-state index in [-0.39, 0.29) is 5.91 Å². The van der Waals surface area contributed by atoms with Gasteiger partial charge >= 0.3 is 0 Å². The Labute approximate surface area is 118 Å². The first kappa shape index (κ1) is 16.4. The molecular weight excluding hydrogens is 238 g/mol. The van der Waals surface area contributed by atoms with Crippen molar-refractivity contribution in [1.82, 2.24) is 15.5 Å². The fourth-order valence-electron chi connectivity index (χ4n) is 2.41. The molecule has 0 aromatic heterocycles. The zero-order valence-corrected chi connectivity index (χ0v) is 12.9. The molecule has 1 heterocycles. The first-order valence-electron chi connectivity index (χ1n) is 7.84.